The lowest BCUT2D eigenvalue weighted by molar-refractivity contribution is 0.0956. The second-order valence-corrected chi connectivity index (χ2v) is 7.88. The Kier molecular flexibility index (Phi) is 6.34. The molecule has 1 heterocycles. The number of anilines is 1. The Morgan fingerprint density at radius 1 is 1.12 bits per heavy atom. The third-order valence-corrected chi connectivity index (χ3v) is 5.92. The number of nitrogens with zero attached hydrogens (tertiary/aromatic N) is 1. The van der Waals surface area contributed by atoms with Crippen molar-refractivity contribution in [1.82, 2.24) is 10.3 Å². The molecule has 1 saturated carbocycles. The van der Waals surface area contributed by atoms with Crippen molar-refractivity contribution in [3.63, 3.8) is 0 Å². The Labute approximate surface area is 153 Å². The number of nitrogens with one attached hydrogen (secondary N) is 1. The van der Waals surface area contributed by atoms with E-state index >= 15 is 0 Å². The van der Waals surface area contributed by atoms with Gasteiger partial charge in [0, 0.05) is 41.1 Å². The van der Waals surface area contributed by atoms with Crippen LogP contribution >= 0.6 is 11.8 Å². The monoisotopic (exact) mass is 355 g/mol. The molecular weight excluding hydrogens is 330 g/mol. The number of thioether (sulfide) groups is 1. The highest BCUT2D eigenvalue weighted by Crippen LogP contribution is 2.27. The fourth-order valence-electron chi connectivity index (χ4n) is 3.15. The normalized spacial score (nSPS) is 15.0. The van der Waals surface area contributed by atoms with E-state index in [-0.39, 0.29) is 5.91 Å². The molecule has 1 amide bonds. The fourth-order valence-corrected chi connectivity index (χ4v) is 4.37. The molecule has 1 aliphatic rings. The largest absolute Gasteiger partial charge is 0.397 e. The Morgan fingerprint density at radius 2 is 1.88 bits per heavy atom. The van der Waals surface area contributed by atoms with E-state index in [1.54, 1.807) is 12.4 Å². The Hall–Kier alpha value is -2.01. The van der Waals surface area contributed by atoms with E-state index in [0.29, 0.717) is 11.3 Å². The maximum Gasteiger partial charge on any atom is 0.251 e. The number of rotatable bonds is 6. The van der Waals surface area contributed by atoms with Crippen LogP contribution in [0.15, 0.2) is 42.7 Å². The van der Waals surface area contributed by atoms with Crippen LogP contribution in [-0.4, -0.2) is 28.4 Å². The molecule has 4 nitrogen and oxygen atoms in total. The van der Waals surface area contributed by atoms with Gasteiger partial charge in [0.05, 0.1) is 5.69 Å². The molecule has 1 aromatic carbocycles. The lowest BCUT2D eigenvalue weighted by Crippen LogP contribution is -2.26. The van der Waals surface area contributed by atoms with Crippen LogP contribution in [0.2, 0.25) is 0 Å². The van der Waals surface area contributed by atoms with Gasteiger partial charge in [-0.3, -0.25) is 9.78 Å². The first-order chi connectivity index (χ1) is 12.2. The van der Waals surface area contributed by atoms with Crippen LogP contribution in [0.25, 0.3) is 11.1 Å². The van der Waals surface area contributed by atoms with E-state index in [1.807, 2.05) is 42.1 Å². The number of amides is 1. The summed E-state index contributed by atoms with van der Waals surface area (Å²) in [4.78, 5) is 16.3. The number of hydrogen-bond acceptors (Lipinski definition) is 4. The molecule has 1 fully saturated rings. The average Bonchev–Trinajstić information content (AvgIpc) is 2.66. The zero-order valence-electron chi connectivity index (χ0n) is 14.4. The molecule has 0 bridgehead atoms. The molecule has 132 valence electrons. The summed E-state index contributed by atoms with van der Waals surface area (Å²) in [6, 6.07) is 9.44. The van der Waals surface area contributed by atoms with Crippen molar-refractivity contribution in [2.75, 3.05) is 18.0 Å². The van der Waals surface area contributed by atoms with Crippen LogP contribution in [0.3, 0.4) is 0 Å². The van der Waals surface area contributed by atoms with Crippen LogP contribution in [0.4, 0.5) is 5.69 Å². The van der Waals surface area contributed by atoms with Crippen molar-refractivity contribution in [3.8, 4) is 11.1 Å². The second-order valence-electron chi connectivity index (χ2n) is 6.47. The summed E-state index contributed by atoms with van der Waals surface area (Å²) in [5.74, 6) is 0.977. The summed E-state index contributed by atoms with van der Waals surface area (Å²) in [6.45, 7) is 0.723. The van der Waals surface area contributed by atoms with Gasteiger partial charge in [0.1, 0.15) is 0 Å². The van der Waals surface area contributed by atoms with Gasteiger partial charge in [0.15, 0.2) is 0 Å². The Balaban J connectivity index is 1.47. The predicted octanol–water partition coefficient (Wildman–Crippen LogP) is 4.13. The number of nitrogens with two attached hydrogens (primary N) is 1. The quantitative estimate of drug-likeness (QED) is 0.765. The van der Waals surface area contributed by atoms with E-state index in [4.69, 9.17) is 5.73 Å². The summed E-state index contributed by atoms with van der Waals surface area (Å²) >= 11 is 2.00. The highest BCUT2D eigenvalue weighted by Gasteiger charge is 2.13. The van der Waals surface area contributed by atoms with Crippen molar-refractivity contribution in [2.24, 2.45) is 0 Å². The average molecular weight is 356 g/mol. The van der Waals surface area contributed by atoms with Gasteiger partial charge < -0.3 is 11.1 Å². The number of carbonyl (C=O) groups excluding carboxylic acids is 1. The van der Waals surface area contributed by atoms with Gasteiger partial charge in [0.2, 0.25) is 0 Å². The molecule has 2 aromatic rings. The zero-order chi connectivity index (χ0) is 17.5. The molecule has 3 N–H and O–H groups in total. The minimum absolute atomic E-state index is 0.0125. The van der Waals surface area contributed by atoms with Crippen LogP contribution in [-0.2, 0) is 0 Å². The SMILES string of the molecule is Nc1cncc(-c2ccc(C(=O)NCCSC3CCCCC3)cc2)c1. The summed E-state index contributed by atoms with van der Waals surface area (Å²) < 4.78 is 0. The van der Waals surface area contributed by atoms with Gasteiger partial charge >= 0.3 is 0 Å². The maximum absolute atomic E-state index is 12.2. The molecule has 0 saturated heterocycles. The summed E-state index contributed by atoms with van der Waals surface area (Å²) in [5.41, 5.74) is 9.04. The minimum atomic E-state index is -0.0125. The van der Waals surface area contributed by atoms with Gasteiger partial charge in [-0.2, -0.15) is 11.8 Å². The first kappa shape index (κ1) is 17.8. The number of benzene rings is 1. The first-order valence-corrected chi connectivity index (χ1v) is 9.98. The number of hydrogen-bond donors (Lipinski definition) is 2. The molecule has 0 aliphatic heterocycles. The fraction of sp³-hybridized carbons (Fsp3) is 0.400. The smallest absolute Gasteiger partial charge is 0.251 e. The molecular formula is C20H25N3OS. The van der Waals surface area contributed by atoms with Gasteiger partial charge in [0.25, 0.3) is 5.91 Å². The van der Waals surface area contributed by atoms with Gasteiger partial charge in [-0.15, -0.1) is 0 Å². The van der Waals surface area contributed by atoms with Crippen molar-refractivity contribution < 1.29 is 4.79 Å². The lowest BCUT2D eigenvalue weighted by Gasteiger charge is -2.20. The molecule has 0 atom stereocenters. The molecule has 1 aliphatic carbocycles. The van der Waals surface area contributed by atoms with Crippen LogP contribution in [0.5, 0.6) is 0 Å². The van der Waals surface area contributed by atoms with Crippen molar-refractivity contribution >= 4 is 23.4 Å². The van der Waals surface area contributed by atoms with Gasteiger partial charge in [-0.1, -0.05) is 31.4 Å². The van der Waals surface area contributed by atoms with Crippen LogP contribution in [0, 0.1) is 0 Å². The summed E-state index contributed by atoms with van der Waals surface area (Å²) in [5, 5.41) is 3.80. The number of nitrogen functional groups attached to an aromatic ring is 1. The van der Waals surface area contributed by atoms with E-state index in [9.17, 15) is 4.79 Å². The zero-order valence-corrected chi connectivity index (χ0v) is 15.2. The van der Waals surface area contributed by atoms with E-state index < -0.39 is 0 Å². The lowest BCUT2D eigenvalue weighted by atomic mass is 10.0. The number of aromatic nitrogens is 1. The number of pyridine rings is 1. The molecule has 25 heavy (non-hydrogen) atoms. The second kappa shape index (κ2) is 8.90. The van der Waals surface area contributed by atoms with E-state index in [2.05, 4.69) is 10.3 Å². The molecule has 0 radical (unpaired) electrons. The standard InChI is InChI=1S/C20H25N3OS/c21-18-12-17(13-22-14-18)15-6-8-16(9-7-15)20(24)23-10-11-25-19-4-2-1-3-5-19/h6-9,12-14,19H,1-5,10-11,21H2,(H,23,24). The van der Waals surface area contributed by atoms with Crippen molar-refractivity contribution in [2.45, 2.75) is 37.4 Å². The first-order valence-electron chi connectivity index (χ1n) is 8.93. The number of carbonyl (C=O) groups is 1. The molecule has 3 rings (SSSR count). The topological polar surface area (TPSA) is 68.0 Å². The summed E-state index contributed by atoms with van der Waals surface area (Å²) in [6.07, 6.45) is 10.2. The van der Waals surface area contributed by atoms with Crippen molar-refractivity contribution in [1.29, 1.82) is 0 Å². The molecule has 0 unspecified atom stereocenters. The molecule has 0 spiro atoms. The highest BCUT2D eigenvalue weighted by molar-refractivity contribution is 7.99. The summed E-state index contributed by atoms with van der Waals surface area (Å²) in [7, 11) is 0. The van der Waals surface area contributed by atoms with E-state index in [1.165, 1.54) is 32.1 Å². The van der Waals surface area contributed by atoms with E-state index in [0.717, 1.165) is 28.7 Å². The van der Waals surface area contributed by atoms with Gasteiger partial charge in [-0.05, 0) is 36.6 Å². The van der Waals surface area contributed by atoms with Crippen LogP contribution < -0.4 is 11.1 Å². The molecule has 1 aromatic heterocycles. The highest BCUT2D eigenvalue weighted by atomic mass is 32.2. The third-order valence-electron chi connectivity index (χ3n) is 4.53. The molecule has 5 heteroatoms. The van der Waals surface area contributed by atoms with Crippen LogP contribution in [0.1, 0.15) is 42.5 Å². The third kappa shape index (κ3) is 5.23. The predicted molar refractivity (Wildman–Crippen MR) is 106 cm³/mol. The van der Waals surface area contributed by atoms with Crippen molar-refractivity contribution in [3.05, 3.63) is 48.3 Å². The van der Waals surface area contributed by atoms with Gasteiger partial charge in [-0.25, -0.2) is 0 Å². The Morgan fingerprint density at radius 3 is 2.60 bits per heavy atom. The Bertz CT molecular complexity index is 696. The minimum Gasteiger partial charge on any atom is -0.397 e. The maximum atomic E-state index is 12.2.